The van der Waals surface area contributed by atoms with Crippen LogP contribution in [0.15, 0.2) is 48.8 Å². The lowest BCUT2D eigenvalue weighted by Crippen LogP contribution is -2.00. The molecular weight excluding hydrogens is 338 g/mol. The zero-order valence-corrected chi connectivity index (χ0v) is 13.1. The summed E-state index contributed by atoms with van der Waals surface area (Å²) in [7, 11) is 0. The molecule has 4 nitrogen and oxygen atoms in total. The summed E-state index contributed by atoms with van der Waals surface area (Å²) in [4.78, 5) is 8.79. The van der Waals surface area contributed by atoms with Crippen molar-refractivity contribution in [3.8, 4) is 0 Å². The van der Waals surface area contributed by atoms with E-state index in [0.717, 1.165) is 5.52 Å². The van der Waals surface area contributed by atoms with E-state index < -0.39 is 0 Å². The smallest absolute Gasteiger partial charge is 0.180 e. The highest BCUT2D eigenvalue weighted by molar-refractivity contribution is 6.42. The molecule has 7 heteroatoms. The molecule has 0 radical (unpaired) electrons. The quantitative estimate of drug-likeness (QED) is 0.550. The third kappa shape index (κ3) is 2.48. The van der Waals surface area contributed by atoms with Crippen molar-refractivity contribution in [2.75, 3.05) is 5.32 Å². The maximum Gasteiger partial charge on any atom is 0.180 e. The number of hydrogen-bond donors (Lipinski definition) is 1. The summed E-state index contributed by atoms with van der Waals surface area (Å²) in [6.07, 6.45) is 3.47. The van der Waals surface area contributed by atoms with Crippen LogP contribution in [0.3, 0.4) is 0 Å². The molecule has 23 heavy (non-hydrogen) atoms. The van der Waals surface area contributed by atoms with Gasteiger partial charge in [-0.15, -0.1) is 0 Å². The van der Waals surface area contributed by atoms with Gasteiger partial charge in [0, 0.05) is 24.1 Å². The average Bonchev–Trinajstić information content (AvgIpc) is 3.01. The molecule has 0 unspecified atom stereocenters. The van der Waals surface area contributed by atoms with Crippen LogP contribution >= 0.6 is 23.2 Å². The minimum absolute atomic E-state index is 0.343. The van der Waals surface area contributed by atoms with Crippen molar-refractivity contribution >= 4 is 51.4 Å². The number of hydrogen-bond acceptors (Lipinski definition) is 3. The van der Waals surface area contributed by atoms with Crippen LogP contribution in [0.4, 0.5) is 15.9 Å². The summed E-state index contributed by atoms with van der Waals surface area (Å²) in [6, 6.07) is 9.63. The van der Waals surface area contributed by atoms with Crippen molar-refractivity contribution in [3.63, 3.8) is 0 Å². The molecule has 0 saturated heterocycles. The maximum atomic E-state index is 13.5. The van der Waals surface area contributed by atoms with E-state index >= 15 is 0 Å². The molecule has 0 bridgehead atoms. The summed E-state index contributed by atoms with van der Waals surface area (Å²) in [5, 5.41) is 4.06. The second kappa shape index (κ2) is 5.37. The van der Waals surface area contributed by atoms with Crippen LogP contribution in [-0.2, 0) is 0 Å². The van der Waals surface area contributed by atoms with Gasteiger partial charge in [-0.1, -0.05) is 23.2 Å². The summed E-state index contributed by atoms with van der Waals surface area (Å²) >= 11 is 12.0. The molecule has 2 aromatic carbocycles. The van der Waals surface area contributed by atoms with Crippen LogP contribution in [0.1, 0.15) is 0 Å². The first-order valence-electron chi connectivity index (χ1n) is 6.76. The van der Waals surface area contributed by atoms with E-state index in [-0.39, 0.29) is 5.82 Å². The first kappa shape index (κ1) is 14.2. The summed E-state index contributed by atoms with van der Waals surface area (Å²) < 4.78 is 15.4. The van der Waals surface area contributed by atoms with E-state index in [1.54, 1.807) is 36.7 Å². The van der Waals surface area contributed by atoms with Crippen molar-refractivity contribution in [1.29, 1.82) is 0 Å². The number of benzene rings is 2. The lowest BCUT2D eigenvalue weighted by atomic mass is 10.3. The molecule has 0 atom stereocenters. The van der Waals surface area contributed by atoms with Crippen molar-refractivity contribution in [3.05, 3.63) is 64.7 Å². The zero-order chi connectivity index (χ0) is 16.0. The Kier molecular flexibility index (Phi) is 3.32. The predicted octanol–water partition coefficient (Wildman–Crippen LogP) is 5.07. The second-order valence-electron chi connectivity index (χ2n) is 4.97. The summed E-state index contributed by atoms with van der Waals surface area (Å²) in [5.41, 5.74) is 2.65. The molecular formula is C16H9Cl2FN4. The van der Waals surface area contributed by atoms with E-state index in [1.165, 1.54) is 12.1 Å². The van der Waals surface area contributed by atoms with Gasteiger partial charge in [0.05, 0.1) is 21.1 Å². The Morgan fingerprint density at radius 1 is 1.04 bits per heavy atom. The number of halogens is 3. The van der Waals surface area contributed by atoms with Crippen LogP contribution in [0.5, 0.6) is 0 Å². The van der Waals surface area contributed by atoms with Crippen LogP contribution in [0.25, 0.3) is 16.7 Å². The van der Waals surface area contributed by atoms with Crippen molar-refractivity contribution in [2.45, 2.75) is 0 Å². The topological polar surface area (TPSA) is 42.2 Å². The van der Waals surface area contributed by atoms with Gasteiger partial charge in [-0.25, -0.2) is 14.4 Å². The van der Waals surface area contributed by atoms with E-state index in [1.807, 2.05) is 4.40 Å². The zero-order valence-electron chi connectivity index (χ0n) is 11.6. The first-order valence-corrected chi connectivity index (χ1v) is 7.52. The molecule has 114 valence electrons. The van der Waals surface area contributed by atoms with E-state index in [0.29, 0.717) is 32.7 Å². The van der Waals surface area contributed by atoms with Crippen molar-refractivity contribution in [1.82, 2.24) is 14.4 Å². The lowest BCUT2D eigenvalue weighted by Gasteiger charge is -2.10. The third-order valence-electron chi connectivity index (χ3n) is 3.46. The minimum Gasteiger partial charge on any atom is -0.337 e. The maximum absolute atomic E-state index is 13.5. The average molecular weight is 347 g/mol. The molecule has 0 saturated carbocycles. The number of nitrogens with one attached hydrogen (secondary N) is 1. The predicted molar refractivity (Wildman–Crippen MR) is 90.2 cm³/mol. The van der Waals surface area contributed by atoms with Gasteiger partial charge in [0.2, 0.25) is 0 Å². The molecule has 0 fully saturated rings. The van der Waals surface area contributed by atoms with E-state index in [9.17, 15) is 4.39 Å². The van der Waals surface area contributed by atoms with E-state index in [2.05, 4.69) is 15.3 Å². The standard InChI is InChI=1S/C16H9Cl2FN4/c17-11-3-2-10(8-12(11)18)21-15-16-20-5-6-23(16)14-4-1-9(19)7-13(14)22-15/h1-8H,(H,21,22). The Labute approximate surface area is 140 Å². The minimum atomic E-state index is -0.343. The highest BCUT2D eigenvalue weighted by atomic mass is 35.5. The van der Waals surface area contributed by atoms with Gasteiger partial charge in [-0.3, -0.25) is 4.40 Å². The molecule has 4 rings (SSSR count). The molecule has 0 amide bonds. The summed E-state index contributed by atoms with van der Waals surface area (Å²) in [6.45, 7) is 0. The van der Waals surface area contributed by atoms with Crippen LogP contribution in [0.2, 0.25) is 10.0 Å². The second-order valence-corrected chi connectivity index (χ2v) is 5.78. The number of imidazole rings is 1. The fraction of sp³-hybridized carbons (Fsp3) is 0. The first-order chi connectivity index (χ1) is 11.1. The Morgan fingerprint density at radius 3 is 2.74 bits per heavy atom. The molecule has 0 aliphatic rings. The van der Waals surface area contributed by atoms with Gasteiger partial charge < -0.3 is 5.32 Å². The van der Waals surface area contributed by atoms with Crippen LogP contribution < -0.4 is 5.32 Å². The van der Waals surface area contributed by atoms with Crippen LogP contribution in [0, 0.1) is 5.82 Å². The monoisotopic (exact) mass is 346 g/mol. The van der Waals surface area contributed by atoms with Gasteiger partial charge in [-0.05, 0) is 30.3 Å². The molecule has 0 aliphatic heterocycles. The Balaban J connectivity index is 1.90. The van der Waals surface area contributed by atoms with Crippen LogP contribution in [-0.4, -0.2) is 14.4 Å². The number of fused-ring (bicyclic) bond motifs is 3. The fourth-order valence-electron chi connectivity index (χ4n) is 2.43. The number of aromatic nitrogens is 3. The van der Waals surface area contributed by atoms with E-state index in [4.69, 9.17) is 23.2 Å². The molecule has 1 N–H and O–H groups in total. The Morgan fingerprint density at radius 2 is 1.91 bits per heavy atom. The fourth-order valence-corrected chi connectivity index (χ4v) is 2.73. The van der Waals surface area contributed by atoms with Crippen molar-refractivity contribution in [2.24, 2.45) is 0 Å². The van der Waals surface area contributed by atoms with Gasteiger partial charge in [0.25, 0.3) is 0 Å². The van der Waals surface area contributed by atoms with Gasteiger partial charge in [-0.2, -0.15) is 0 Å². The molecule has 2 aromatic heterocycles. The SMILES string of the molecule is Fc1ccc2c(c1)nc(Nc1ccc(Cl)c(Cl)c1)c1nccn12. The number of nitrogens with zero attached hydrogens (tertiary/aromatic N) is 3. The third-order valence-corrected chi connectivity index (χ3v) is 4.20. The van der Waals surface area contributed by atoms with Gasteiger partial charge >= 0.3 is 0 Å². The number of anilines is 2. The largest absolute Gasteiger partial charge is 0.337 e. The molecule has 2 heterocycles. The number of rotatable bonds is 2. The van der Waals surface area contributed by atoms with Gasteiger partial charge in [0.15, 0.2) is 11.5 Å². The Hall–Kier alpha value is -2.37. The Bertz CT molecular complexity index is 1050. The molecule has 4 aromatic rings. The molecule has 0 aliphatic carbocycles. The molecule has 0 spiro atoms. The van der Waals surface area contributed by atoms with Gasteiger partial charge in [0.1, 0.15) is 5.82 Å². The highest BCUT2D eigenvalue weighted by Gasteiger charge is 2.11. The van der Waals surface area contributed by atoms with Crippen molar-refractivity contribution < 1.29 is 4.39 Å². The highest BCUT2D eigenvalue weighted by Crippen LogP contribution is 2.28. The normalized spacial score (nSPS) is 11.3. The lowest BCUT2D eigenvalue weighted by molar-refractivity contribution is 0.629. The summed E-state index contributed by atoms with van der Waals surface area (Å²) in [5.74, 6) is 0.163.